The first-order chi connectivity index (χ1) is 13.2. The summed E-state index contributed by atoms with van der Waals surface area (Å²) in [5, 5.41) is 4.09. The minimum Gasteiger partial charge on any atom is -0.349 e. The number of pyridine rings is 1. The first-order valence-corrected chi connectivity index (χ1v) is 10.5. The van der Waals surface area contributed by atoms with Gasteiger partial charge in [0.25, 0.3) is 5.91 Å². The monoisotopic (exact) mass is 380 g/mol. The quantitative estimate of drug-likeness (QED) is 0.637. The Kier molecular flexibility index (Phi) is 5.43. The van der Waals surface area contributed by atoms with Gasteiger partial charge < -0.3 is 10.3 Å². The van der Waals surface area contributed by atoms with E-state index in [1.54, 1.807) is 24.2 Å². The van der Waals surface area contributed by atoms with E-state index in [9.17, 15) is 4.79 Å². The van der Waals surface area contributed by atoms with Gasteiger partial charge in [0.05, 0.1) is 17.2 Å². The molecule has 6 heteroatoms. The molecule has 3 aromatic rings. The van der Waals surface area contributed by atoms with Gasteiger partial charge >= 0.3 is 0 Å². The molecule has 5 nitrogen and oxygen atoms in total. The third-order valence-electron chi connectivity index (χ3n) is 5.28. The van der Waals surface area contributed by atoms with Crippen LogP contribution in [0.1, 0.15) is 48.5 Å². The summed E-state index contributed by atoms with van der Waals surface area (Å²) in [6, 6.07) is 10.1. The molecule has 1 aromatic carbocycles. The molecule has 1 aliphatic rings. The number of fused-ring (bicyclic) bond motifs is 1. The Morgan fingerprint density at radius 2 is 2.04 bits per heavy atom. The van der Waals surface area contributed by atoms with E-state index in [1.165, 1.54) is 24.8 Å². The molecule has 0 spiro atoms. The van der Waals surface area contributed by atoms with Gasteiger partial charge in [-0.3, -0.25) is 9.78 Å². The fraction of sp³-hybridized carbons (Fsp3) is 0.381. The highest BCUT2D eigenvalue weighted by molar-refractivity contribution is 7.98. The Balaban J connectivity index is 1.34. The third-order valence-corrected chi connectivity index (χ3v) is 6.23. The number of nitrogens with zero attached hydrogens (tertiary/aromatic N) is 2. The van der Waals surface area contributed by atoms with Crippen LogP contribution in [0.5, 0.6) is 0 Å². The summed E-state index contributed by atoms with van der Waals surface area (Å²) in [4.78, 5) is 24.4. The number of hydrogen-bond acceptors (Lipinski definition) is 4. The number of imidazole rings is 1. The van der Waals surface area contributed by atoms with Gasteiger partial charge in [-0.15, -0.1) is 0 Å². The van der Waals surface area contributed by atoms with Crippen LogP contribution in [0, 0.1) is 5.92 Å². The highest BCUT2D eigenvalue weighted by Crippen LogP contribution is 2.25. The predicted octanol–water partition coefficient (Wildman–Crippen LogP) is 4.56. The second-order valence-electron chi connectivity index (χ2n) is 7.26. The van der Waals surface area contributed by atoms with E-state index in [0.717, 1.165) is 33.9 Å². The fourth-order valence-corrected chi connectivity index (χ4v) is 4.43. The number of amides is 1. The van der Waals surface area contributed by atoms with E-state index in [0.29, 0.717) is 12.0 Å². The number of benzene rings is 1. The predicted molar refractivity (Wildman–Crippen MR) is 109 cm³/mol. The van der Waals surface area contributed by atoms with Crippen molar-refractivity contribution in [1.29, 1.82) is 0 Å². The molecule has 0 unspecified atom stereocenters. The van der Waals surface area contributed by atoms with Crippen molar-refractivity contribution in [2.24, 2.45) is 5.92 Å². The molecule has 1 fully saturated rings. The second-order valence-corrected chi connectivity index (χ2v) is 8.23. The van der Waals surface area contributed by atoms with Crippen LogP contribution in [0.4, 0.5) is 0 Å². The molecule has 2 heterocycles. The lowest BCUT2D eigenvalue weighted by Crippen LogP contribution is -2.41. The minimum absolute atomic E-state index is 0.0396. The van der Waals surface area contributed by atoms with E-state index in [-0.39, 0.29) is 5.91 Å². The molecular weight excluding hydrogens is 356 g/mol. The van der Waals surface area contributed by atoms with Gasteiger partial charge in [-0.2, -0.15) is 0 Å². The average molecular weight is 381 g/mol. The number of carbonyl (C=O) groups is 1. The number of carbonyl (C=O) groups excluding carboxylic acids is 1. The Morgan fingerprint density at radius 1 is 1.22 bits per heavy atom. The van der Waals surface area contributed by atoms with Crippen molar-refractivity contribution in [1.82, 2.24) is 20.3 Å². The number of rotatable bonds is 5. The number of aromatic amines is 1. The SMILES string of the molecule is C[C@@H]1CCCC[C@H]1NC(=O)c1ccc(CSc2nc3ccncc3[nH]2)cc1. The number of hydrogen-bond donors (Lipinski definition) is 2. The van der Waals surface area contributed by atoms with E-state index in [2.05, 4.69) is 27.2 Å². The zero-order valence-electron chi connectivity index (χ0n) is 15.4. The Bertz CT molecular complexity index is 888. The maximum absolute atomic E-state index is 12.5. The van der Waals surface area contributed by atoms with Crippen molar-refractivity contribution in [2.75, 3.05) is 0 Å². The summed E-state index contributed by atoms with van der Waals surface area (Å²) in [5.41, 5.74) is 3.78. The average Bonchev–Trinajstić information content (AvgIpc) is 3.11. The van der Waals surface area contributed by atoms with Crippen LogP contribution in [-0.2, 0) is 5.75 Å². The molecule has 140 valence electrons. The van der Waals surface area contributed by atoms with Crippen LogP contribution in [-0.4, -0.2) is 26.9 Å². The van der Waals surface area contributed by atoms with Crippen molar-refractivity contribution in [2.45, 2.75) is 49.6 Å². The molecule has 0 saturated heterocycles. The lowest BCUT2D eigenvalue weighted by atomic mass is 9.86. The fourth-order valence-electron chi connectivity index (χ4n) is 3.59. The van der Waals surface area contributed by atoms with Crippen molar-refractivity contribution in [3.63, 3.8) is 0 Å². The molecular formula is C21H24N4OS. The summed E-state index contributed by atoms with van der Waals surface area (Å²) < 4.78 is 0. The van der Waals surface area contributed by atoms with Crippen molar-refractivity contribution < 1.29 is 4.79 Å². The van der Waals surface area contributed by atoms with Crippen LogP contribution in [0.3, 0.4) is 0 Å². The Morgan fingerprint density at radius 3 is 2.81 bits per heavy atom. The molecule has 2 aromatic heterocycles. The summed E-state index contributed by atoms with van der Waals surface area (Å²) >= 11 is 1.65. The van der Waals surface area contributed by atoms with E-state index < -0.39 is 0 Å². The van der Waals surface area contributed by atoms with Crippen molar-refractivity contribution in [3.05, 3.63) is 53.9 Å². The van der Waals surface area contributed by atoms with E-state index in [1.807, 2.05) is 30.3 Å². The normalized spacial score (nSPS) is 19.9. The van der Waals surface area contributed by atoms with Gasteiger partial charge in [0.1, 0.15) is 0 Å². The van der Waals surface area contributed by atoms with Gasteiger partial charge in [0.2, 0.25) is 0 Å². The summed E-state index contributed by atoms with van der Waals surface area (Å²) in [5.74, 6) is 1.41. The topological polar surface area (TPSA) is 70.7 Å². The van der Waals surface area contributed by atoms with E-state index in [4.69, 9.17) is 0 Å². The van der Waals surface area contributed by atoms with Crippen LogP contribution < -0.4 is 5.32 Å². The first kappa shape index (κ1) is 18.0. The van der Waals surface area contributed by atoms with Crippen molar-refractivity contribution >= 4 is 28.7 Å². The smallest absolute Gasteiger partial charge is 0.251 e. The lowest BCUT2D eigenvalue weighted by Gasteiger charge is -2.29. The summed E-state index contributed by atoms with van der Waals surface area (Å²) in [6.07, 6.45) is 8.32. The van der Waals surface area contributed by atoms with Gasteiger partial charge in [-0.1, -0.05) is 43.7 Å². The molecule has 1 saturated carbocycles. The zero-order valence-corrected chi connectivity index (χ0v) is 16.3. The molecule has 0 radical (unpaired) electrons. The molecule has 0 bridgehead atoms. The van der Waals surface area contributed by atoms with Crippen LogP contribution in [0.25, 0.3) is 11.0 Å². The standard InChI is InChI=1S/C21H24N4OS/c1-14-4-2-3-5-17(14)23-20(26)16-8-6-15(7-9-16)13-27-21-24-18-10-11-22-12-19(18)25-21/h6-12,14,17H,2-5,13H2,1H3,(H,23,26)(H,24,25)/t14-,17-/m1/s1. The second kappa shape index (κ2) is 8.13. The third kappa shape index (κ3) is 4.33. The molecule has 1 amide bonds. The maximum Gasteiger partial charge on any atom is 0.251 e. The van der Waals surface area contributed by atoms with Crippen molar-refractivity contribution in [3.8, 4) is 0 Å². The summed E-state index contributed by atoms with van der Waals surface area (Å²) in [6.45, 7) is 2.23. The Labute approximate surface area is 163 Å². The minimum atomic E-state index is 0.0396. The van der Waals surface area contributed by atoms with Crippen LogP contribution in [0.15, 0.2) is 47.9 Å². The molecule has 2 atom stereocenters. The van der Waals surface area contributed by atoms with Gasteiger partial charge in [0.15, 0.2) is 5.16 Å². The molecule has 2 N–H and O–H groups in total. The molecule has 27 heavy (non-hydrogen) atoms. The van der Waals surface area contributed by atoms with Gasteiger partial charge in [-0.05, 0) is 42.5 Å². The van der Waals surface area contributed by atoms with E-state index >= 15 is 0 Å². The number of thioether (sulfide) groups is 1. The highest BCUT2D eigenvalue weighted by atomic mass is 32.2. The molecule has 0 aliphatic heterocycles. The number of nitrogens with one attached hydrogen (secondary N) is 2. The summed E-state index contributed by atoms with van der Waals surface area (Å²) in [7, 11) is 0. The Hall–Kier alpha value is -2.34. The number of H-pyrrole nitrogens is 1. The van der Waals surface area contributed by atoms with Gasteiger partial charge in [-0.25, -0.2) is 4.98 Å². The van der Waals surface area contributed by atoms with Crippen LogP contribution >= 0.6 is 11.8 Å². The first-order valence-electron chi connectivity index (χ1n) is 9.51. The lowest BCUT2D eigenvalue weighted by molar-refractivity contribution is 0.0910. The van der Waals surface area contributed by atoms with Crippen LogP contribution in [0.2, 0.25) is 0 Å². The highest BCUT2D eigenvalue weighted by Gasteiger charge is 2.23. The maximum atomic E-state index is 12.5. The largest absolute Gasteiger partial charge is 0.349 e. The number of aromatic nitrogens is 3. The molecule has 1 aliphatic carbocycles. The zero-order chi connectivity index (χ0) is 18.6. The molecule has 4 rings (SSSR count). The van der Waals surface area contributed by atoms with Gasteiger partial charge in [0, 0.05) is 23.6 Å².